The number of hydrogen-bond acceptors (Lipinski definition) is 3. The summed E-state index contributed by atoms with van der Waals surface area (Å²) in [5.74, 6) is -0.989. The molecule has 1 aliphatic rings. The van der Waals surface area contributed by atoms with E-state index in [2.05, 4.69) is 0 Å². The quantitative estimate of drug-likeness (QED) is 0.719. The van der Waals surface area contributed by atoms with Gasteiger partial charge in [0.15, 0.2) is 0 Å². The summed E-state index contributed by atoms with van der Waals surface area (Å²) < 4.78 is 0. The SMILES string of the molecule is CC(C(=O)N1CCC[C@H]1C(=O)O)N(C)C. The van der Waals surface area contributed by atoms with Crippen molar-refractivity contribution in [1.29, 1.82) is 0 Å². The molecule has 0 aromatic carbocycles. The van der Waals surface area contributed by atoms with E-state index in [4.69, 9.17) is 5.11 Å². The summed E-state index contributed by atoms with van der Waals surface area (Å²) in [4.78, 5) is 26.1. The van der Waals surface area contributed by atoms with Crippen molar-refractivity contribution in [2.75, 3.05) is 20.6 Å². The van der Waals surface area contributed by atoms with Gasteiger partial charge in [-0.1, -0.05) is 0 Å². The van der Waals surface area contributed by atoms with Gasteiger partial charge in [-0.2, -0.15) is 0 Å². The first-order valence-corrected chi connectivity index (χ1v) is 5.15. The van der Waals surface area contributed by atoms with Crippen LogP contribution in [0.5, 0.6) is 0 Å². The van der Waals surface area contributed by atoms with Gasteiger partial charge in [0.2, 0.25) is 5.91 Å². The van der Waals surface area contributed by atoms with Gasteiger partial charge in [0.1, 0.15) is 6.04 Å². The van der Waals surface area contributed by atoms with Crippen LogP contribution in [0.4, 0.5) is 0 Å². The second-order valence-electron chi connectivity index (χ2n) is 4.17. The van der Waals surface area contributed by atoms with Crippen LogP contribution in [0.15, 0.2) is 0 Å². The highest BCUT2D eigenvalue weighted by atomic mass is 16.4. The van der Waals surface area contributed by atoms with Crippen LogP contribution in [0.25, 0.3) is 0 Å². The van der Waals surface area contributed by atoms with Crippen LogP contribution in [-0.4, -0.2) is 59.5 Å². The Morgan fingerprint density at radius 2 is 2.07 bits per heavy atom. The summed E-state index contributed by atoms with van der Waals surface area (Å²) in [7, 11) is 3.63. The number of likely N-dealkylation sites (N-methyl/N-ethyl adjacent to an activating group) is 1. The Balaban J connectivity index is 2.70. The fourth-order valence-electron chi connectivity index (χ4n) is 1.75. The number of carbonyl (C=O) groups is 2. The number of nitrogens with zero attached hydrogens (tertiary/aromatic N) is 2. The Labute approximate surface area is 89.7 Å². The van der Waals surface area contributed by atoms with Gasteiger partial charge in [-0.3, -0.25) is 9.69 Å². The molecule has 0 bridgehead atoms. The third-order valence-corrected chi connectivity index (χ3v) is 2.95. The third-order valence-electron chi connectivity index (χ3n) is 2.95. The standard InChI is InChI=1S/C10H18N2O3/c1-7(11(2)3)9(13)12-6-4-5-8(12)10(14)15/h7-8H,4-6H2,1-3H3,(H,14,15)/t7?,8-/m0/s1. The summed E-state index contributed by atoms with van der Waals surface area (Å²) in [5.41, 5.74) is 0. The van der Waals surface area contributed by atoms with Gasteiger partial charge in [-0.15, -0.1) is 0 Å². The highest BCUT2D eigenvalue weighted by Crippen LogP contribution is 2.19. The number of hydrogen-bond donors (Lipinski definition) is 1. The van der Waals surface area contributed by atoms with Crippen molar-refractivity contribution < 1.29 is 14.7 Å². The lowest BCUT2D eigenvalue weighted by molar-refractivity contribution is -0.149. The van der Waals surface area contributed by atoms with E-state index in [9.17, 15) is 9.59 Å². The zero-order chi connectivity index (χ0) is 11.6. The number of carboxylic acid groups (broad SMARTS) is 1. The van der Waals surface area contributed by atoms with Crippen molar-refractivity contribution in [2.24, 2.45) is 0 Å². The van der Waals surface area contributed by atoms with Crippen LogP contribution >= 0.6 is 0 Å². The van der Waals surface area contributed by atoms with Crippen LogP contribution in [-0.2, 0) is 9.59 Å². The molecule has 1 amide bonds. The zero-order valence-electron chi connectivity index (χ0n) is 9.43. The number of carboxylic acids is 1. The van der Waals surface area contributed by atoms with Gasteiger partial charge >= 0.3 is 5.97 Å². The van der Waals surface area contributed by atoms with Crippen LogP contribution in [0.2, 0.25) is 0 Å². The minimum atomic E-state index is -0.896. The van der Waals surface area contributed by atoms with E-state index in [0.29, 0.717) is 13.0 Å². The van der Waals surface area contributed by atoms with Crippen LogP contribution in [0.3, 0.4) is 0 Å². The normalized spacial score (nSPS) is 23.2. The molecule has 86 valence electrons. The first-order valence-electron chi connectivity index (χ1n) is 5.15. The minimum Gasteiger partial charge on any atom is -0.480 e. The van der Waals surface area contributed by atoms with Gasteiger partial charge in [0.25, 0.3) is 0 Å². The molecular formula is C10H18N2O3. The maximum Gasteiger partial charge on any atom is 0.326 e. The molecule has 5 heteroatoms. The lowest BCUT2D eigenvalue weighted by Gasteiger charge is -2.27. The fourth-order valence-corrected chi connectivity index (χ4v) is 1.75. The molecule has 1 heterocycles. The molecule has 0 aliphatic carbocycles. The topological polar surface area (TPSA) is 60.9 Å². The highest BCUT2D eigenvalue weighted by Gasteiger charge is 2.36. The van der Waals surface area contributed by atoms with E-state index in [1.54, 1.807) is 11.8 Å². The third kappa shape index (κ3) is 2.47. The lowest BCUT2D eigenvalue weighted by Crippen LogP contribution is -2.48. The molecule has 5 nitrogen and oxygen atoms in total. The number of amides is 1. The molecule has 1 saturated heterocycles. The molecule has 1 unspecified atom stereocenters. The van der Waals surface area contributed by atoms with Crippen molar-refractivity contribution in [2.45, 2.75) is 31.8 Å². The summed E-state index contributed by atoms with van der Waals surface area (Å²) in [6, 6.07) is -0.884. The van der Waals surface area contributed by atoms with E-state index >= 15 is 0 Å². The Hall–Kier alpha value is -1.10. The van der Waals surface area contributed by atoms with Crippen molar-refractivity contribution in [3.8, 4) is 0 Å². The molecule has 1 N–H and O–H groups in total. The van der Waals surface area contributed by atoms with Crippen molar-refractivity contribution in [3.05, 3.63) is 0 Å². The second kappa shape index (κ2) is 4.61. The average Bonchev–Trinajstić information content (AvgIpc) is 2.63. The predicted molar refractivity (Wildman–Crippen MR) is 55.5 cm³/mol. The maximum absolute atomic E-state index is 11.9. The van der Waals surface area contributed by atoms with E-state index in [0.717, 1.165) is 6.42 Å². The monoisotopic (exact) mass is 214 g/mol. The van der Waals surface area contributed by atoms with Gasteiger partial charge in [-0.05, 0) is 33.9 Å². The molecule has 1 rings (SSSR count). The van der Waals surface area contributed by atoms with Gasteiger partial charge in [-0.25, -0.2) is 4.79 Å². The van der Waals surface area contributed by atoms with Gasteiger partial charge in [0, 0.05) is 6.54 Å². The molecule has 0 aromatic heterocycles. The number of rotatable bonds is 3. The average molecular weight is 214 g/mol. The predicted octanol–water partition coefficient (Wildman–Crippen LogP) is 0.0121. The molecule has 1 aliphatic heterocycles. The maximum atomic E-state index is 11.9. The van der Waals surface area contributed by atoms with Gasteiger partial charge in [0.05, 0.1) is 6.04 Å². The molecule has 2 atom stereocenters. The lowest BCUT2D eigenvalue weighted by atomic mass is 10.2. The van der Waals surface area contributed by atoms with Crippen LogP contribution < -0.4 is 0 Å². The highest BCUT2D eigenvalue weighted by molar-refractivity contribution is 5.87. The second-order valence-corrected chi connectivity index (χ2v) is 4.17. The van der Waals surface area contributed by atoms with E-state index < -0.39 is 12.0 Å². The molecule has 15 heavy (non-hydrogen) atoms. The summed E-state index contributed by atoms with van der Waals surface area (Å²) >= 11 is 0. The van der Waals surface area contributed by atoms with E-state index in [1.165, 1.54) is 4.90 Å². The minimum absolute atomic E-state index is 0.0927. The smallest absolute Gasteiger partial charge is 0.326 e. The first-order chi connectivity index (χ1) is 6.95. The van der Waals surface area contributed by atoms with Gasteiger partial charge < -0.3 is 10.0 Å². The first kappa shape index (κ1) is 12.0. The molecule has 0 aromatic rings. The summed E-state index contributed by atoms with van der Waals surface area (Å²) in [5, 5.41) is 8.95. The fraction of sp³-hybridized carbons (Fsp3) is 0.800. The molecule has 0 spiro atoms. The Morgan fingerprint density at radius 3 is 2.53 bits per heavy atom. The molecule has 0 radical (unpaired) electrons. The van der Waals surface area contributed by atoms with Crippen molar-refractivity contribution in [3.63, 3.8) is 0 Å². The Morgan fingerprint density at radius 1 is 1.47 bits per heavy atom. The van der Waals surface area contributed by atoms with Crippen molar-refractivity contribution in [1.82, 2.24) is 9.80 Å². The number of likely N-dealkylation sites (tertiary alicyclic amines) is 1. The Bertz CT molecular complexity index is 265. The number of carbonyl (C=O) groups excluding carboxylic acids is 1. The van der Waals surface area contributed by atoms with Crippen LogP contribution in [0.1, 0.15) is 19.8 Å². The molecule has 1 fully saturated rings. The molecule has 0 saturated carbocycles. The summed E-state index contributed by atoms with van der Waals surface area (Å²) in [6.45, 7) is 2.35. The summed E-state index contributed by atoms with van der Waals surface area (Å²) in [6.07, 6.45) is 1.35. The molecular weight excluding hydrogens is 196 g/mol. The number of aliphatic carboxylic acids is 1. The largest absolute Gasteiger partial charge is 0.480 e. The Kier molecular flexibility index (Phi) is 3.68. The zero-order valence-corrected chi connectivity index (χ0v) is 9.43. The van der Waals surface area contributed by atoms with E-state index in [-0.39, 0.29) is 11.9 Å². The van der Waals surface area contributed by atoms with Crippen molar-refractivity contribution >= 4 is 11.9 Å². The van der Waals surface area contributed by atoms with E-state index in [1.807, 2.05) is 14.1 Å². The van der Waals surface area contributed by atoms with Crippen LogP contribution in [0, 0.1) is 0 Å².